The lowest BCUT2D eigenvalue weighted by atomic mass is 10.1. The number of hydrogen-bond donors (Lipinski definition) is 1. The van der Waals surface area contributed by atoms with E-state index >= 15 is 0 Å². The van der Waals surface area contributed by atoms with E-state index in [1.807, 2.05) is 13.8 Å². The minimum atomic E-state index is -0.661. The van der Waals surface area contributed by atoms with Crippen molar-refractivity contribution in [3.8, 4) is 18.2 Å². The molecule has 0 saturated heterocycles. The molecule has 1 aromatic heterocycles. The number of anilines is 1. The maximum atomic E-state index is 5.55. The third kappa shape index (κ3) is 3.13. The molecule has 0 amide bonds. The van der Waals surface area contributed by atoms with Gasteiger partial charge in [0.2, 0.25) is 5.88 Å². The van der Waals surface area contributed by atoms with Gasteiger partial charge in [-0.1, -0.05) is 5.92 Å². The molecule has 0 saturated carbocycles. The van der Waals surface area contributed by atoms with Crippen molar-refractivity contribution in [3.63, 3.8) is 0 Å². The summed E-state index contributed by atoms with van der Waals surface area (Å²) in [6, 6.07) is 1.71. The first-order chi connectivity index (χ1) is 6.96. The van der Waals surface area contributed by atoms with E-state index in [1.54, 1.807) is 20.0 Å². The van der Waals surface area contributed by atoms with E-state index in [0.717, 1.165) is 0 Å². The zero-order valence-corrected chi connectivity index (χ0v) is 9.46. The zero-order valence-electron chi connectivity index (χ0n) is 9.46. The highest BCUT2D eigenvalue weighted by atomic mass is 16.5. The summed E-state index contributed by atoms with van der Waals surface area (Å²) in [6.07, 6.45) is 5.33. The van der Waals surface area contributed by atoms with Crippen molar-refractivity contribution in [2.75, 3.05) is 12.4 Å². The van der Waals surface area contributed by atoms with Gasteiger partial charge in [0.15, 0.2) is 5.60 Å². The van der Waals surface area contributed by atoms with Crippen LogP contribution >= 0.6 is 0 Å². The van der Waals surface area contributed by atoms with Gasteiger partial charge < -0.3 is 10.1 Å². The molecule has 0 fully saturated rings. The minimum absolute atomic E-state index is 0.481. The summed E-state index contributed by atoms with van der Waals surface area (Å²) in [4.78, 5) is 8.30. The predicted octanol–water partition coefficient (Wildman–Crippen LogP) is 1.62. The van der Waals surface area contributed by atoms with Crippen LogP contribution in [0.3, 0.4) is 0 Å². The van der Waals surface area contributed by atoms with Gasteiger partial charge in [-0.25, -0.2) is 4.98 Å². The molecule has 4 nitrogen and oxygen atoms in total. The lowest BCUT2D eigenvalue weighted by molar-refractivity contribution is 0.164. The predicted molar refractivity (Wildman–Crippen MR) is 59.9 cm³/mol. The molecule has 1 rings (SSSR count). The summed E-state index contributed by atoms with van der Waals surface area (Å²) in [5.74, 6) is 4.38. The second kappa shape index (κ2) is 4.18. The fraction of sp³-hybridized carbons (Fsp3) is 0.455. The van der Waals surface area contributed by atoms with E-state index in [-0.39, 0.29) is 0 Å². The summed E-state index contributed by atoms with van der Waals surface area (Å²) in [5, 5.41) is 2.93. The fourth-order valence-corrected chi connectivity index (χ4v) is 1.01. The maximum absolute atomic E-state index is 5.55. The van der Waals surface area contributed by atoms with E-state index in [1.165, 1.54) is 0 Å². The van der Waals surface area contributed by atoms with E-state index < -0.39 is 5.60 Å². The molecule has 0 unspecified atom stereocenters. The molecule has 1 N–H and O–H groups in total. The number of nitrogens with one attached hydrogen (secondary N) is 1. The molecular formula is C11H15N3O. The second-order valence-electron chi connectivity index (χ2n) is 3.65. The first-order valence-corrected chi connectivity index (χ1v) is 4.67. The van der Waals surface area contributed by atoms with Crippen molar-refractivity contribution in [1.29, 1.82) is 0 Å². The molecule has 1 aromatic rings. The summed E-state index contributed by atoms with van der Waals surface area (Å²) < 4.78 is 5.55. The maximum Gasteiger partial charge on any atom is 0.220 e. The van der Waals surface area contributed by atoms with E-state index in [4.69, 9.17) is 11.2 Å². The summed E-state index contributed by atoms with van der Waals surface area (Å²) in [7, 11) is 1.79. The number of ether oxygens (including phenoxy) is 1. The molecule has 0 spiro atoms. The van der Waals surface area contributed by atoms with Crippen LogP contribution in [-0.4, -0.2) is 22.6 Å². The molecule has 0 atom stereocenters. The van der Waals surface area contributed by atoms with E-state index in [9.17, 15) is 0 Å². The van der Waals surface area contributed by atoms with Crippen molar-refractivity contribution in [1.82, 2.24) is 9.97 Å². The van der Waals surface area contributed by atoms with Crippen LogP contribution in [0.2, 0.25) is 0 Å². The number of terminal acetylenes is 1. The van der Waals surface area contributed by atoms with Gasteiger partial charge in [-0.3, -0.25) is 0 Å². The first kappa shape index (κ1) is 11.3. The molecule has 80 valence electrons. The Morgan fingerprint density at radius 3 is 2.67 bits per heavy atom. The summed E-state index contributed by atoms with van der Waals surface area (Å²) in [6.45, 7) is 5.42. The highest BCUT2D eigenvalue weighted by Crippen LogP contribution is 2.18. The van der Waals surface area contributed by atoms with Gasteiger partial charge in [0.05, 0.1) is 0 Å². The average molecular weight is 205 g/mol. The normalized spacial score (nSPS) is 10.6. The van der Waals surface area contributed by atoms with Gasteiger partial charge in [-0.05, 0) is 20.8 Å². The quantitative estimate of drug-likeness (QED) is 0.762. The Kier molecular flexibility index (Phi) is 3.15. The number of hydrogen-bond acceptors (Lipinski definition) is 4. The van der Waals surface area contributed by atoms with Crippen molar-refractivity contribution >= 4 is 5.82 Å². The van der Waals surface area contributed by atoms with Crippen LogP contribution in [0.5, 0.6) is 5.88 Å². The Bertz CT molecular complexity index is 393. The molecule has 0 aromatic carbocycles. The molecule has 0 bridgehead atoms. The van der Waals surface area contributed by atoms with Crippen molar-refractivity contribution in [2.45, 2.75) is 26.4 Å². The third-order valence-electron chi connectivity index (χ3n) is 1.78. The highest BCUT2D eigenvalue weighted by Gasteiger charge is 2.17. The minimum Gasteiger partial charge on any atom is -0.458 e. The van der Waals surface area contributed by atoms with Gasteiger partial charge in [0, 0.05) is 13.1 Å². The summed E-state index contributed by atoms with van der Waals surface area (Å²) in [5.41, 5.74) is -0.661. The van der Waals surface area contributed by atoms with Gasteiger partial charge in [-0.15, -0.1) is 6.42 Å². The highest BCUT2D eigenvalue weighted by molar-refractivity contribution is 5.37. The molecular weight excluding hydrogens is 190 g/mol. The van der Waals surface area contributed by atoms with Crippen molar-refractivity contribution < 1.29 is 4.74 Å². The van der Waals surface area contributed by atoms with Gasteiger partial charge >= 0.3 is 0 Å². The molecule has 1 heterocycles. The Labute approximate surface area is 90.1 Å². The smallest absolute Gasteiger partial charge is 0.220 e. The van der Waals surface area contributed by atoms with Crippen LogP contribution in [0, 0.1) is 19.3 Å². The topological polar surface area (TPSA) is 47.0 Å². The Balaban J connectivity index is 2.96. The number of aryl methyl sites for hydroxylation is 1. The van der Waals surface area contributed by atoms with E-state index in [2.05, 4.69) is 21.2 Å². The van der Waals surface area contributed by atoms with Crippen LogP contribution in [0.25, 0.3) is 0 Å². The lowest BCUT2D eigenvalue weighted by Crippen LogP contribution is -2.26. The second-order valence-corrected chi connectivity index (χ2v) is 3.65. The average Bonchev–Trinajstić information content (AvgIpc) is 2.16. The molecule has 15 heavy (non-hydrogen) atoms. The molecule has 4 heteroatoms. The Morgan fingerprint density at radius 2 is 2.13 bits per heavy atom. The lowest BCUT2D eigenvalue weighted by Gasteiger charge is -2.19. The van der Waals surface area contributed by atoms with Crippen LogP contribution in [0.4, 0.5) is 5.82 Å². The fourth-order valence-electron chi connectivity index (χ4n) is 1.01. The zero-order chi connectivity index (χ0) is 11.5. The number of rotatable bonds is 3. The molecule has 0 aliphatic heterocycles. The molecule has 0 aliphatic carbocycles. The van der Waals surface area contributed by atoms with Crippen LogP contribution in [0.1, 0.15) is 19.7 Å². The standard InChI is InChI=1S/C11H15N3O/c1-6-11(3,4)15-10-7-9(12-5)13-8(2)14-10/h1,7H,2-5H3,(H,12,13,14). The molecule has 0 radical (unpaired) electrons. The largest absolute Gasteiger partial charge is 0.458 e. The monoisotopic (exact) mass is 205 g/mol. The Morgan fingerprint density at radius 1 is 1.47 bits per heavy atom. The first-order valence-electron chi connectivity index (χ1n) is 4.67. The van der Waals surface area contributed by atoms with Crippen LogP contribution in [-0.2, 0) is 0 Å². The van der Waals surface area contributed by atoms with E-state index in [0.29, 0.717) is 17.5 Å². The van der Waals surface area contributed by atoms with Crippen molar-refractivity contribution in [3.05, 3.63) is 11.9 Å². The Hall–Kier alpha value is -1.76. The van der Waals surface area contributed by atoms with Crippen LogP contribution < -0.4 is 10.1 Å². The van der Waals surface area contributed by atoms with Crippen LogP contribution in [0.15, 0.2) is 6.07 Å². The molecule has 0 aliphatic rings. The SMILES string of the molecule is C#CC(C)(C)Oc1cc(NC)nc(C)n1. The van der Waals surface area contributed by atoms with Gasteiger partial charge in [0.1, 0.15) is 11.6 Å². The third-order valence-corrected chi connectivity index (χ3v) is 1.78. The van der Waals surface area contributed by atoms with Crippen molar-refractivity contribution in [2.24, 2.45) is 0 Å². The van der Waals surface area contributed by atoms with Gasteiger partial charge in [-0.2, -0.15) is 4.98 Å². The van der Waals surface area contributed by atoms with Gasteiger partial charge in [0.25, 0.3) is 0 Å². The number of nitrogens with zero attached hydrogens (tertiary/aromatic N) is 2. The number of aromatic nitrogens is 2. The summed E-state index contributed by atoms with van der Waals surface area (Å²) >= 11 is 0.